The van der Waals surface area contributed by atoms with Crippen molar-refractivity contribution < 1.29 is 0 Å². The van der Waals surface area contributed by atoms with Crippen molar-refractivity contribution in [3.05, 3.63) is 30.1 Å². The third-order valence-corrected chi connectivity index (χ3v) is 3.77. The molecule has 1 heterocycles. The number of hydrogen-bond acceptors (Lipinski definition) is 2. The van der Waals surface area contributed by atoms with Crippen LogP contribution in [0.4, 0.5) is 0 Å². The maximum atomic E-state index is 4.08. The topological polar surface area (TPSA) is 12.9 Å². The molecule has 84 valence electrons. The average molecular weight is 223 g/mol. The molecule has 0 aliphatic carbocycles. The molecule has 0 bridgehead atoms. The molecule has 1 atom stereocenters. The molecule has 2 heteroatoms. The molecule has 1 nitrogen and oxygen atoms in total. The van der Waals surface area contributed by atoms with Gasteiger partial charge < -0.3 is 0 Å². The fourth-order valence-electron chi connectivity index (χ4n) is 1.58. The van der Waals surface area contributed by atoms with E-state index in [1.807, 2.05) is 24.2 Å². The van der Waals surface area contributed by atoms with Gasteiger partial charge in [-0.15, -0.1) is 0 Å². The van der Waals surface area contributed by atoms with Crippen LogP contribution in [0.5, 0.6) is 0 Å². The maximum Gasteiger partial charge on any atom is 0.0270 e. The minimum Gasteiger partial charge on any atom is -0.265 e. The van der Waals surface area contributed by atoms with E-state index in [4.69, 9.17) is 0 Å². The third-order valence-electron chi connectivity index (χ3n) is 2.55. The van der Waals surface area contributed by atoms with E-state index in [9.17, 15) is 0 Å². The lowest BCUT2D eigenvalue weighted by Crippen LogP contribution is -2.11. The second-order valence-electron chi connectivity index (χ2n) is 4.51. The number of rotatable bonds is 5. The highest BCUT2D eigenvalue weighted by Gasteiger charge is 2.16. The molecule has 1 aromatic heterocycles. The van der Waals surface area contributed by atoms with Crippen LogP contribution in [0, 0.1) is 5.92 Å². The number of thioether (sulfide) groups is 1. The van der Waals surface area contributed by atoms with Crippen molar-refractivity contribution in [2.24, 2.45) is 5.92 Å². The molecule has 0 aliphatic heterocycles. The summed E-state index contributed by atoms with van der Waals surface area (Å²) in [6, 6.07) is 4.29. The Morgan fingerprint density at radius 3 is 2.20 bits per heavy atom. The number of hydrogen-bond donors (Lipinski definition) is 0. The van der Waals surface area contributed by atoms with Gasteiger partial charge in [0.05, 0.1) is 0 Å². The summed E-state index contributed by atoms with van der Waals surface area (Å²) in [5, 5.41) is 0.716. The van der Waals surface area contributed by atoms with Crippen LogP contribution in [0.2, 0.25) is 0 Å². The molecule has 1 aromatic rings. The number of aromatic nitrogens is 1. The van der Waals surface area contributed by atoms with Gasteiger partial charge >= 0.3 is 0 Å². The molecule has 0 aromatic carbocycles. The summed E-state index contributed by atoms with van der Waals surface area (Å²) in [7, 11) is 0. The standard InChI is InChI=1S/C13H21NS/c1-10(2)13(9-15-11(3)4)12-5-7-14-8-6-12/h5-8,10-11,13H,9H2,1-4H3. The predicted octanol–water partition coefficient (Wildman–Crippen LogP) is 3.96. The molecular weight excluding hydrogens is 202 g/mol. The van der Waals surface area contributed by atoms with E-state index in [-0.39, 0.29) is 0 Å². The van der Waals surface area contributed by atoms with Gasteiger partial charge in [-0.25, -0.2) is 0 Å². The summed E-state index contributed by atoms with van der Waals surface area (Å²) in [6.07, 6.45) is 3.79. The summed E-state index contributed by atoms with van der Waals surface area (Å²) < 4.78 is 0. The Kier molecular flexibility index (Phi) is 5.16. The van der Waals surface area contributed by atoms with E-state index in [1.54, 1.807) is 0 Å². The van der Waals surface area contributed by atoms with Crippen LogP contribution in [0.1, 0.15) is 39.2 Å². The fourth-order valence-corrected chi connectivity index (χ4v) is 2.75. The smallest absolute Gasteiger partial charge is 0.0270 e. The van der Waals surface area contributed by atoms with Crippen LogP contribution in [0.3, 0.4) is 0 Å². The SMILES string of the molecule is CC(C)SCC(c1ccncc1)C(C)C. The highest BCUT2D eigenvalue weighted by Crippen LogP contribution is 2.29. The molecule has 0 N–H and O–H groups in total. The molecule has 1 unspecified atom stereocenters. The molecule has 0 saturated carbocycles. The van der Waals surface area contributed by atoms with Gasteiger partial charge in [-0.05, 0) is 34.8 Å². The summed E-state index contributed by atoms with van der Waals surface area (Å²) in [6.45, 7) is 9.11. The Morgan fingerprint density at radius 2 is 1.73 bits per heavy atom. The first-order chi connectivity index (χ1) is 7.11. The molecule has 1 rings (SSSR count). The van der Waals surface area contributed by atoms with Crippen LogP contribution in [-0.2, 0) is 0 Å². The van der Waals surface area contributed by atoms with Crippen molar-refractivity contribution in [3.63, 3.8) is 0 Å². The third kappa shape index (κ3) is 4.25. The monoisotopic (exact) mass is 223 g/mol. The van der Waals surface area contributed by atoms with Crippen molar-refractivity contribution in [3.8, 4) is 0 Å². The molecular formula is C13H21NS. The summed E-state index contributed by atoms with van der Waals surface area (Å²) in [5.41, 5.74) is 1.42. The normalized spacial score (nSPS) is 13.5. The number of nitrogens with zero attached hydrogens (tertiary/aromatic N) is 1. The van der Waals surface area contributed by atoms with Gasteiger partial charge in [-0.3, -0.25) is 4.98 Å². The zero-order chi connectivity index (χ0) is 11.3. The van der Waals surface area contributed by atoms with Gasteiger partial charge in [-0.2, -0.15) is 11.8 Å². The van der Waals surface area contributed by atoms with Crippen molar-refractivity contribution in [2.75, 3.05) is 5.75 Å². The quantitative estimate of drug-likeness (QED) is 0.749. The molecule has 0 fully saturated rings. The van der Waals surface area contributed by atoms with Gasteiger partial charge in [0.1, 0.15) is 0 Å². The average Bonchev–Trinajstić information content (AvgIpc) is 2.18. The van der Waals surface area contributed by atoms with E-state index < -0.39 is 0 Å². The fraction of sp³-hybridized carbons (Fsp3) is 0.615. The largest absolute Gasteiger partial charge is 0.265 e. The lowest BCUT2D eigenvalue weighted by Gasteiger charge is -2.21. The predicted molar refractivity (Wildman–Crippen MR) is 69.4 cm³/mol. The minimum atomic E-state index is 0.653. The first-order valence-electron chi connectivity index (χ1n) is 5.62. The molecule has 0 radical (unpaired) electrons. The highest BCUT2D eigenvalue weighted by atomic mass is 32.2. The second kappa shape index (κ2) is 6.16. The van der Waals surface area contributed by atoms with Crippen molar-refractivity contribution >= 4 is 11.8 Å². The number of pyridine rings is 1. The van der Waals surface area contributed by atoms with Crippen LogP contribution in [0.15, 0.2) is 24.5 Å². The van der Waals surface area contributed by atoms with Gasteiger partial charge in [-0.1, -0.05) is 27.7 Å². The Hall–Kier alpha value is -0.500. The lowest BCUT2D eigenvalue weighted by atomic mass is 9.91. The first kappa shape index (κ1) is 12.6. The van der Waals surface area contributed by atoms with Gasteiger partial charge in [0.25, 0.3) is 0 Å². The van der Waals surface area contributed by atoms with E-state index in [1.165, 1.54) is 11.3 Å². The van der Waals surface area contributed by atoms with Crippen LogP contribution >= 0.6 is 11.8 Å². The summed E-state index contributed by atoms with van der Waals surface area (Å²) >= 11 is 2.04. The molecule has 0 saturated heterocycles. The Labute approximate surface area is 97.7 Å². The zero-order valence-electron chi connectivity index (χ0n) is 10.1. The van der Waals surface area contributed by atoms with Gasteiger partial charge in [0, 0.05) is 18.1 Å². The second-order valence-corrected chi connectivity index (χ2v) is 6.12. The molecule has 0 aliphatic rings. The molecule has 0 amide bonds. The highest BCUT2D eigenvalue weighted by molar-refractivity contribution is 7.99. The minimum absolute atomic E-state index is 0.653. The summed E-state index contributed by atoms with van der Waals surface area (Å²) in [4.78, 5) is 4.08. The van der Waals surface area contributed by atoms with Crippen LogP contribution in [0.25, 0.3) is 0 Å². The van der Waals surface area contributed by atoms with E-state index in [0.29, 0.717) is 17.1 Å². The Morgan fingerprint density at radius 1 is 1.13 bits per heavy atom. The molecule has 15 heavy (non-hydrogen) atoms. The van der Waals surface area contributed by atoms with E-state index in [0.717, 1.165) is 0 Å². The van der Waals surface area contributed by atoms with Crippen LogP contribution in [-0.4, -0.2) is 16.0 Å². The van der Waals surface area contributed by atoms with Crippen LogP contribution < -0.4 is 0 Å². The Balaban J connectivity index is 2.66. The van der Waals surface area contributed by atoms with Crippen molar-refractivity contribution in [1.29, 1.82) is 0 Å². The van der Waals surface area contributed by atoms with E-state index >= 15 is 0 Å². The van der Waals surface area contributed by atoms with E-state index in [2.05, 4.69) is 44.8 Å². The summed E-state index contributed by atoms with van der Waals surface area (Å²) in [5.74, 6) is 2.55. The zero-order valence-corrected chi connectivity index (χ0v) is 10.9. The molecule has 0 spiro atoms. The van der Waals surface area contributed by atoms with Gasteiger partial charge in [0.15, 0.2) is 0 Å². The lowest BCUT2D eigenvalue weighted by molar-refractivity contribution is 0.541. The van der Waals surface area contributed by atoms with Crippen molar-refractivity contribution in [1.82, 2.24) is 4.98 Å². The Bertz CT molecular complexity index is 269. The first-order valence-corrected chi connectivity index (χ1v) is 6.67. The van der Waals surface area contributed by atoms with Gasteiger partial charge in [0.2, 0.25) is 0 Å². The maximum absolute atomic E-state index is 4.08. The van der Waals surface area contributed by atoms with Crippen molar-refractivity contribution in [2.45, 2.75) is 38.9 Å².